The summed E-state index contributed by atoms with van der Waals surface area (Å²) in [5.74, 6) is 0. The maximum atomic E-state index is 9.75. The Hall–Kier alpha value is -0.240. The minimum atomic E-state index is -1.38. The van der Waals surface area contributed by atoms with Crippen molar-refractivity contribution in [2.75, 3.05) is 6.61 Å². The molecule has 1 fully saturated rings. The molecule has 0 saturated carbocycles. The van der Waals surface area contributed by atoms with Crippen LogP contribution in [-0.4, -0.2) is 63.8 Å². The summed E-state index contributed by atoms with van der Waals surface area (Å²) in [6.45, 7) is 3.49. The molecule has 6 nitrogen and oxygen atoms in total. The largest absolute Gasteiger partial charge is 0.394 e. The van der Waals surface area contributed by atoms with E-state index in [9.17, 15) is 15.3 Å². The van der Waals surface area contributed by atoms with E-state index in [0.717, 1.165) is 19.3 Å². The Balaban J connectivity index is 2.53. The molecule has 1 aliphatic rings. The molecule has 6 heteroatoms. The first-order valence-corrected chi connectivity index (χ1v) is 6.47. The molecule has 0 aliphatic carbocycles. The van der Waals surface area contributed by atoms with Gasteiger partial charge in [0.15, 0.2) is 6.29 Å². The van der Waals surface area contributed by atoms with E-state index in [0.29, 0.717) is 0 Å². The van der Waals surface area contributed by atoms with Crippen LogP contribution >= 0.6 is 0 Å². The van der Waals surface area contributed by atoms with Crippen LogP contribution < -0.4 is 0 Å². The predicted molar refractivity (Wildman–Crippen MR) is 63.8 cm³/mol. The Labute approximate surface area is 107 Å². The SMILES string of the molecule is CCCC[C@@H](C)O[C@@H]1O[C@H](CO)[C@@H](O)[C@H](O)[C@H]1O. The number of hydrogen-bond donors (Lipinski definition) is 4. The van der Waals surface area contributed by atoms with Gasteiger partial charge in [-0.1, -0.05) is 19.8 Å². The summed E-state index contributed by atoms with van der Waals surface area (Å²) in [5.41, 5.74) is 0. The van der Waals surface area contributed by atoms with Gasteiger partial charge < -0.3 is 29.9 Å². The zero-order valence-corrected chi connectivity index (χ0v) is 10.9. The molecule has 18 heavy (non-hydrogen) atoms. The number of aliphatic hydroxyl groups excluding tert-OH is 4. The minimum absolute atomic E-state index is 0.119. The summed E-state index contributed by atoms with van der Waals surface area (Å²) in [6, 6.07) is 0. The fourth-order valence-corrected chi connectivity index (χ4v) is 1.97. The number of unbranched alkanes of at least 4 members (excludes halogenated alkanes) is 1. The van der Waals surface area contributed by atoms with Crippen molar-refractivity contribution in [3.8, 4) is 0 Å². The lowest BCUT2D eigenvalue weighted by Crippen LogP contribution is -2.59. The second kappa shape index (κ2) is 7.37. The Morgan fingerprint density at radius 3 is 2.39 bits per heavy atom. The maximum absolute atomic E-state index is 9.75. The zero-order chi connectivity index (χ0) is 13.7. The first-order chi connectivity index (χ1) is 8.51. The molecule has 0 unspecified atom stereocenters. The quantitative estimate of drug-likeness (QED) is 0.510. The Morgan fingerprint density at radius 2 is 1.83 bits per heavy atom. The van der Waals surface area contributed by atoms with Crippen molar-refractivity contribution < 1.29 is 29.9 Å². The maximum Gasteiger partial charge on any atom is 0.186 e. The first kappa shape index (κ1) is 15.8. The van der Waals surface area contributed by atoms with Crippen LogP contribution in [0.1, 0.15) is 33.1 Å². The molecule has 6 atom stereocenters. The summed E-state index contributed by atoms with van der Waals surface area (Å²) in [4.78, 5) is 0. The van der Waals surface area contributed by atoms with Gasteiger partial charge in [-0.25, -0.2) is 0 Å². The minimum Gasteiger partial charge on any atom is -0.394 e. The zero-order valence-electron chi connectivity index (χ0n) is 10.9. The third-order valence-electron chi connectivity index (χ3n) is 3.18. The number of rotatable bonds is 6. The molecule has 1 rings (SSSR count). The first-order valence-electron chi connectivity index (χ1n) is 6.47. The van der Waals surface area contributed by atoms with Gasteiger partial charge in [0.05, 0.1) is 12.7 Å². The molecule has 0 amide bonds. The van der Waals surface area contributed by atoms with E-state index in [2.05, 4.69) is 6.92 Å². The van der Waals surface area contributed by atoms with E-state index in [1.165, 1.54) is 0 Å². The van der Waals surface area contributed by atoms with Gasteiger partial charge in [-0.3, -0.25) is 0 Å². The molecule has 0 aromatic heterocycles. The number of hydrogen-bond acceptors (Lipinski definition) is 6. The van der Waals surface area contributed by atoms with Crippen molar-refractivity contribution >= 4 is 0 Å². The normalized spacial score (nSPS) is 38.7. The van der Waals surface area contributed by atoms with Crippen molar-refractivity contribution in [3.63, 3.8) is 0 Å². The second-order valence-electron chi connectivity index (χ2n) is 4.79. The van der Waals surface area contributed by atoms with E-state index >= 15 is 0 Å². The Morgan fingerprint density at radius 1 is 1.17 bits per heavy atom. The van der Waals surface area contributed by atoms with Crippen LogP contribution in [0.2, 0.25) is 0 Å². The third-order valence-corrected chi connectivity index (χ3v) is 3.18. The Bertz CT molecular complexity index is 235. The summed E-state index contributed by atoms with van der Waals surface area (Å²) in [7, 11) is 0. The van der Waals surface area contributed by atoms with Crippen LogP contribution in [0.4, 0.5) is 0 Å². The van der Waals surface area contributed by atoms with Gasteiger partial charge in [-0.2, -0.15) is 0 Å². The van der Waals surface area contributed by atoms with E-state index in [4.69, 9.17) is 14.6 Å². The molecule has 0 aromatic carbocycles. The van der Waals surface area contributed by atoms with Gasteiger partial charge >= 0.3 is 0 Å². The van der Waals surface area contributed by atoms with Crippen molar-refractivity contribution in [2.45, 2.75) is 69.9 Å². The van der Waals surface area contributed by atoms with E-state index < -0.39 is 37.3 Å². The lowest BCUT2D eigenvalue weighted by atomic mass is 9.99. The molecule has 0 spiro atoms. The summed E-state index contributed by atoms with van der Waals surface area (Å²) < 4.78 is 10.8. The number of ether oxygens (including phenoxy) is 2. The summed E-state index contributed by atoms with van der Waals surface area (Å²) in [6.07, 6.45) is -3.21. The van der Waals surface area contributed by atoms with Gasteiger partial charge in [0.25, 0.3) is 0 Å². The molecule has 1 heterocycles. The molecule has 1 aliphatic heterocycles. The highest BCUT2D eigenvalue weighted by molar-refractivity contribution is 4.89. The van der Waals surface area contributed by atoms with Gasteiger partial charge in [-0.15, -0.1) is 0 Å². The summed E-state index contributed by atoms with van der Waals surface area (Å²) >= 11 is 0. The summed E-state index contributed by atoms with van der Waals surface area (Å²) in [5, 5.41) is 38.0. The van der Waals surface area contributed by atoms with Crippen molar-refractivity contribution in [3.05, 3.63) is 0 Å². The molecule has 1 saturated heterocycles. The molecule has 0 aromatic rings. The molecular weight excluding hydrogens is 240 g/mol. The topological polar surface area (TPSA) is 99.4 Å². The van der Waals surface area contributed by atoms with Gasteiger partial charge in [-0.05, 0) is 13.3 Å². The number of aliphatic hydroxyl groups is 4. The molecule has 108 valence electrons. The highest BCUT2D eigenvalue weighted by atomic mass is 16.7. The van der Waals surface area contributed by atoms with Crippen LogP contribution in [0.15, 0.2) is 0 Å². The van der Waals surface area contributed by atoms with Gasteiger partial charge in [0.2, 0.25) is 0 Å². The predicted octanol–water partition coefficient (Wildman–Crippen LogP) is -0.618. The molecule has 0 bridgehead atoms. The average Bonchev–Trinajstić information content (AvgIpc) is 2.37. The molecule has 0 radical (unpaired) electrons. The molecule has 4 N–H and O–H groups in total. The average molecular weight is 264 g/mol. The van der Waals surface area contributed by atoms with Crippen molar-refractivity contribution in [1.82, 2.24) is 0 Å². The van der Waals surface area contributed by atoms with E-state index in [-0.39, 0.29) is 6.10 Å². The van der Waals surface area contributed by atoms with Crippen LogP contribution in [0, 0.1) is 0 Å². The lowest BCUT2D eigenvalue weighted by molar-refractivity contribution is -0.310. The highest BCUT2D eigenvalue weighted by Crippen LogP contribution is 2.23. The standard InChI is InChI=1S/C12H24O6/c1-3-4-5-7(2)17-12-11(16)10(15)9(14)8(6-13)18-12/h7-16H,3-6H2,1-2H3/t7-,8-,9-,10+,11-,12-/m1/s1. The molecular formula is C12H24O6. The van der Waals surface area contributed by atoms with Gasteiger partial charge in [0.1, 0.15) is 24.4 Å². The smallest absolute Gasteiger partial charge is 0.186 e. The lowest BCUT2D eigenvalue weighted by Gasteiger charge is -2.40. The monoisotopic (exact) mass is 264 g/mol. The van der Waals surface area contributed by atoms with Crippen molar-refractivity contribution in [1.29, 1.82) is 0 Å². The van der Waals surface area contributed by atoms with Crippen LogP contribution in [-0.2, 0) is 9.47 Å². The van der Waals surface area contributed by atoms with Crippen LogP contribution in [0.25, 0.3) is 0 Å². The van der Waals surface area contributed by atoms with Crippen molar-refractivity contribution in [2.24, 2.45) is 0 Å². The van der Waals surface area contributed by atoms with Crippen LogP contribution in [0.5, 0.6) is 0 Å². The van der Waals surface area contributed by atoms with E-state index in [1.54, 1.807) is 0 Å². The Kier molecular flexibility index (Phi) is 6.48. The fraction of sp³-hybridized carbons (Fsp3) is 1.00. The van der Waals surface area contributed by atoms with E-state index in [1.807, 2.05) is 6.92 Å². The fourth-order valence-electron chi connectivity index (χ4n) is 1.97. The second-order valence-corrected chi connectivity index (χ2v) is 4.79. The van der Waals surface area contributed by atoms with Gasteiger partial charge in [0, 0.05) is 0 Å². The van der Waals surface area contributed by atoms with Crippen LogP contribution in [0.3, 0.4) is 0 Å². The highest BCUT2D eigenvalue weighted by Gasteiger charge is 2.44. The third kappa shape index (κ3) is 3.88.